The van der Waals surface area contributed by atoms with Crippen LogP contribution in [0.15, 0.2) is 46.9 Å². The molecule has 20 heavy (non-hydrogen) atoms. The number of anilines is 2. The molecule has 4 heteroatoms. The third kappa shape index (κ3) is 3.14. The minimum Gasteiger partial charge on any atom is -0.497 e. The largest absolute Gasteiger partial charge is 0.497 e. The van der Waals surface area contributed by atoms with Crippen molar-refractivity contribution in [3.63, 3.8) is 0 Å². The Balaban J connectivity index is 2.35. The molecule has 0 unspecified atom stereocenters. The number of benzene rings is 2. The van der Waals surface area contributed by atoms with Gasteiger partial charge < -0.3 is 14.7 Å². The molecular weight excluding hydrogens is 318 g/mol. The van der Waals surface area contributed by atoms with Gasteiger partial charge in [-0.05, 0) is 52.7 Å². The summed E-state index contributed by atoms with van der Waals surface area (Å²) in [6.45, 7) is 1.76. The van der Waals surface area contributed by atoms with Gasteiger partial charge in [-0.2, -0.15) is 0 Å². The van der Waals surface area contributed by atoms with Crippen molar-refractivity contribution in [3.8, 4) is 5.75 Å². The van der Waals surface area contributed by atoms with Crippen LogP contribution in [0.5, 0.6) is 5.75 Å². The fourth-order valence-corrected chi connectivity index (χ4v) is 2.68. The molecule has 0 aliphatic carbocycles. The van der Waals surface area contributed by atoms with E-state index in [0.29, 0.717) is 0 Å². The van der Waals surface area contributed by atoms with Gasteiger partial charge in [0.1, 0.15) is 5.75 Å². The van der Waals surface area contributed by atoms with Crippen molar-refractivity contribution < 1.29 is 9.84 Å². The molecule has 0 radical (unpaired) electrons. The molecule has 0 heterocycles. The van der Waals surface area contributed by atoms with E-state index in [1.54, 1.807) is 14.0 Å². The Bertz CT molecular complexity index is 599. The van der Waals surface area contributed by atoms with Gasteiger partial charge in [-0.1, -0.05) is 12.1 Å². The quantitative estimate of drug-likeness (QED) is 0.905. The predicted octanol–water partition coefficient (Wildman–Crippen LogP) is 4.28. The first-order valence-corrected chi connectivity index (χ1v) is 7.17. The van der Waals surface area contributed by atoms with Crippen molar-refractivity contribution in [2.45, 2.75) is 13.0 Å². The molecular formula is C16H18BrNO2. The van der Waals surface area contributed by atoms with Gasteiger partial charge in [-0.25, -0.2) is 0 Å². The Morgan fingerprint density at radius 3 is 2.55 bits per heavy atom. The molecule has 0 saturated heterocycles. The van der Waals surface area contributed by atoms with Crippen molar-refractivity contribution >= 4 is 27.3 Å². The zero-order valence-corrected chi connectivity index (χ0v) is 13.4. The van der Waals surface area contributed by atoms with E-state index < -0.39 is 6.10 Å². The van der Waals surface area contributed by atoms with Crippen molar-refractivity contribution in [2.75, 3.05) is 19.1 Å². The summed E-state index contributed by atoms with van der Waals surface area (Å²) in [5.74, 6) is 0.825. The van der Waals surface area contributed by atoms with E-state index >= 15 is 0 Å². The lowest BCUT2D eigenvalue weighted by molar-refractivity contribution is 0.199. The number of aliphatic hydroxyl groups is 1. The van der Waals surface area contributed by atoms with E-state index in [-0.39, 0.29) is 0 Å². The molecule has 2 rings (SSSR count). The number of aliphatic hydroxyl groups excluding tert-OH is 1. The van der Waals surface area contributed by atoms with Crippen LogP contribution in [0.4, 0.5) is 11.4 Å². The average Bonchev–Trinajstić information content (AvgIpc) is 2.46. The monoisotopic (exact) mass is 335 g/mol. The van der Waals surface area contributed by atoms with Gasteiger partial charge in [0.2, 0.25) is 0 Å². The first-order valence-electron chi connectivity index (χ1n) is 6.38. The molecule has 0 aliphatic rings. The molecule has 2 aromatic rings. The van der Waals surface area contributed by atoms with Crippen LogP contribution in [0, 0.1) is 0 Å². The lowest BCUT2D eigenvalue weighted by Gasteiger charge is -2.22. The number of rotatable bonds is 4. The maximum atomic E-state index is 9.61. The van der Waals surface area contributed by atoms with Crippen molar-refractivity contribution in [1.82, 2.24) is 0 Å². The normalized spacial score (nSPS) is 12.1. The molecule has 0 spiro atoms. The summed E-state index contributed by atoms with van der Waals surface area (Å²) in [5, 5.41) is 9.61. The summed E-state index contributed by atoms with van der Waals surface area (Å²) in [6, 6.07) is 13.8. The van der Waals surface area contributed by atoms with Crippen LogP contribution in [0.25, 0.3) is 0 Å². The highest BCUT2D eigenvalue weighted by molar-refractivity contribution is 9.10. The number of hydrogen-bond donors (Lipinski definition) is 1. The van der Waals surface area contributed by atoms with Crippen LogP contribution in [-0.4, -0.2) is 19.3 Å². The molecule has 2 aromatic carbocycles. The molecule has 0 bridgehead atoms. The maximum Gasteiger partial charge on any atom is 0.120 e. The Morgan fingerprint density at radius 1 is 1.20 bits per heavy atom. The van der Waals surface area contributed by atoms with Crippen LogP contribution in [0.3, 0.4) is 0 Å². The Morgan fingerprint density at radius 2 is 1.95 bits per heavy atom. The molecule has 0 aliphatic heterocycles. The number of halogens is 1. The smallest absolute Gasteiger partial charge is 0.120 e. The second kappa shape index (κ2) is 6.29. The third-order valence-electron chi connectivity index (χ3n) is 3.26. The first-order chi connectivity index (χ1) is 9.52. The molecule has 0 aromatic heterocycles. The van der Waals surface area contributed by atoms with Gasteiger partial charge in [0.05, 0.1) is 18.9 Å². The average molecular weight is 336 g/mol. The van der Waals surface area contributed by atoms with E-state index in [1.807, 2.05) is 49.5 Å². The summed E-state index contributed by atoms with van der Waals surface area (Å²) < 4.78 is 6.20. The van der Waals surface area contributed by atoms with Crippen LogP contribution in [0.1, 0.15) is 18.6 Å². The lowest BCUT2D eigenvalue weighted by Crippen LogP contribution is -2.10. The Kier molecular flexibility index (Phi) is 4.68. The molecule has 0 saturated carbocycles. The van der Waals surface area contributed by atoms with Gasteiger partial charge in [-0.15, -0.1) is 0 Å². The fourth-order valence-electron chi connectivity index (χ4n) is 2.01. The first kappa shape index (κ1) is 14.9. The second-order valence-electron chi connectivity index (χ2n) is 4.65. The second-order valence-corrected chi connectivity index (χ2v) is 5.50. The van der Waals surface area contributed by atoms with Gasteiger partial charge in [0.15, 0.2) is 0 Å². The molecule has 3 nitrogen and oxygen atoms in total. The minimum absolute atomic E-state index is 0.470. The van der Waals surface area contributed by atoms with Gasteiger partial charge in [-0.3, -0.25) is 0 Å². The standard InChI is InChI=1S/C16H18BrNO2/c1-11(19)12-7-8-16(15(17)9-12)18(2)13-5-4-6-14(10-13)20-3/h4-11,19H,1-3H3/t11-/m0/s1. The number of methoxy groups -OCH3 is 1. The van der Waals surface area contributed by atoms with Crippen molar-refractivity contribution in [1.29, 1.82) is 0 Å². The van der Waals surface area contributed by atoms with Crippen LogP contribution >= 0.6 is 15.9 Å². The molecule has 106 valence electrons. The van der Waals surface area contributed by atoms with Crippen molar-refractivity contribution in [3.05, 3.63) is 52.5 Å². The Hall–Kier alpha value is -1.52. The fraction of sp³-hybridized carbons (Fsp3) is 0.250. The highest BCUT2D eigenvalue weighted by Gasteiger charge is 2.11. The molecule has 1 atom stereocenters. The maximum absolute atomic E-state index is 9.61. The van der Waals surface area contributed by atoms with E-state index in [9.17, 15) is 5.11 Å². The van der Waals surface area contributed by atoms with E-state index in [0.717, 1.165) is 27.2 Å². The minimum atomic E-state index is -0.470. The summed E-state index contributed by atoms with van der Waals surface area (Å²) >= 11 is 3.56. The van der Waals surface area contributed by atoms with Crippen LogP contribution in [-0.2, 0) is 0 Å². The van der Waals surface area contributed by atoms with E-state index in [2.05, 4.69) is 20.8 Å². The van der Waals surface area contributed by atoms with Crippen LogP contribution < -0.4 is 9.64 Å². The molecule has 1 N–H and O–H groups in total. The zero-order chi connectivity index (χ0) is 14.7. The lowest BCUT2D eigenvalue weighted by atomic mass is 10.1. The SMILES string of the molecule is COc1cccc(N(C)c2ccc([C@H](C)O)cc2Br)c1. The number of ether oxygens (including phenoxy) is 1. The zero-order valence-electron chi connectivity index (χ0n) is 11.8. The summed E-state index contributed by atoms with van der Waals surface area (Å²) in [7, 11) is 3.66. The van der Waals surface area contributed by atoms with Gasteiger partial charge in [0, 0.05) is 23.3 Å². The van der Waals surface area contributed by atoms with E-state index in [4.69, 9.17) is 4.74 Å². The Labute approximate surface area is 127 Å². The molecule has 0 fully saturated rings. The summed E-state index contributed by atoms with van der Waals surface area (Å²) in [6.07, 6.45) is -0.470. The topological polar surface area (TPSA) is 32.7 Å². The summed E-state index contributed by atoms with van der Waals surface area (Å²) in [4.78, 5) is 2.07. The number of hydrogen-bond acceptors (Lipinski definition) is 3. The van der Waals surface area contributed by atoms with Crippen molar-refractivity contribution in [2.24, 2.45) is 0 Å². The third-order valence-corrected chi connectivity index (χ3v) is 3.89. The summed E-state index contributed by atoms with van der Waals surface area (Å²) in [5.41, 5.74) is 2.96. The van der Waals surface area contributed by atoms with Gasteiger partial charge >= 0.3 is 0 Å². The van der Waals surface area contributed by atoms with Crippen LogP contribution in [0.2, 0.25) is 0 Å². The van der Waals surface area contributed by atoms with E-state index in [1.165, 1.54) is 0 Å². The highest BCUT2D eigenvalue weighted by atomic mass is 79.9. The highest BCUT2D eigenvalue weighted by Crippen LogP contribution is 2.34. The molecule has 0 amide bonds. The van der Waals surface area contributed by atoms with Gasteiger partial charge in [0.25, 0.3) is 0 Å². The predicted molar refractivity (Wildman–Crippen MR) is 85.8 cm³/mol. The number of nitrogens with zero attached hydrogens (tertiary/aromatic N) is 1.